The van der Waals surface area contributed by atoms with Crippen molar-refractivity contribution >= 4 is 38.9 Å². The number of carbonyl (C=O) groups is 1. The van der Waals surface area contributed by atoms with Gasteiger partial charge in [0.05, 0.1) is 11.6 Å². The number of pyridine rings is 1. The Morgan fingerprint density at radius 2 is 1.76 bits per heavy atom. The summed E-state index contributed by atoms with van der Waals surface area (Å²) in [7, 11) is -3.80. The summed E-state index contributed by atoms with van der Waals surface area (Å²) in [6.07, 6.45) is 2.24. The van der Waals surface area contributed by atoms with Crippen LogP contribution in [-0.2, 0) is 21.2 Å². The minimum atomic E-state index is -3.80. The Morgan fingerprint density at radius 3 is 2.41 bits per heavy atom. The minimum Gasteiger partial charge on any atom is -0.370 e. The van der Waals surface area contributed by atoms with Crippen molar-refractivity contribution < 1.29 is 13.2 Å². The lowest BCUT2D eigenvalue weighted by Crippen LogP contribution is -2.55. The number of sulfonamides is 1. The van der Waals surface area contributed by atoms with Crippen LogP contribution in [0.2, 0.25) is 5.02 Å². The van der Waals surface area contributed by atoms with Crippen LogP contribution in [-0.4, -0.2) is 44.0 Å². The first-order chi connectivity index (χ1) is 17.4. The Bertz CT molecular complexity index is 1440. The number of halogens is 1. The smallest absolute Gasteiger partial charge is 0.258 e. The Hall–Kier alpha value is -2.94. The molecule has 1 unspecified atom stereocenters. The van der Waals surface area contributed by atoms with Crippen LogP contribution >= 0.6 is 11.6 Å². The molecule has 1 aromatic heterocycles. The van der Waals surface area contributed by atoms with Crippen LogP contribution in [0, 0.1) is 5.92 Å². The third-order valence-corrected chi connectivity index (χ3v) is 8.74. The Morgan fingerprint density at radius 1 is 1.08 bits per heavy atom. The molecule has 37 heavy (non-hydrogen) atoms. The van der Waals surface area contributed by atoms with E-state index in [9.17, 15) is 13.2 Å². The summed E-state index contributed by atoms with van der Waals surface area (Å²) in [5.41, 5.74) is 3.99. The number of fused-ring (bicyclic) bond motifs is 1. The van der Waals surface area contributed by atoms with Crippen molar-refractivity contribution in [2.75, 3.05) is 22.9 Å². The van der Waals surface area contributed by atoms with Gasteiger partial charge in [-0.2, -0.15) is 0 Å². The van der Waals surface area contributed by atoms with Gasteiger partial charge in [-0.15, -0.1) is 0 Å². The highest BCUT2D eigenvalue weighted by Gasteiger charge is 2.41. The molecule has 1 saturated heterocycles. The van der Waals surface area contributed by atoms with Crippen molar-refractivity contribution in [1.82, 2.24) is 9.71 Å². The molecule has 1 fully saturated rings. The lowest BCUT2D eigenvalue weighted by molar-refractivity contribution is -0.123. The third kappa shape index (κ3) is 5.10. The van der Waals surface area contributed by atoms with E-state index in [0.29, 0.717) is 30.2 Å². The molecule has 1 amide bonds. The zero-order chi connectivity index (χ0) is 26.5. The number of amides is 1. The molecule has 1 N–H and O–H groups in total. The number of nitrogens with zero attached hydrogens (tertiary/aromatic N) is 3. The maximum atomic E-state index is 13.5. The molecule has 2 aliphatic heterocycles. The molecule has 0 spiro atoms. The number of aromatic nitrogens is 1. The highest BCUT2D eigenvalue weighted by atomic mass is 35.5. The lowest BCUT2D eigenvalue weighted by atomic mass is 9.96. The number of anilines is 2. The Labute approximate surface area is 223 Å². The monoisotopic (exact) mass is 538 g/mol. The van der Waals surface area contributed by atoms with Crippen molar-refractivity contribution in [2.45, 2.75) is 50.7 Å². The van der Waals surface area contributed by atoms with Crippen molar-refractivity contribution in [3.05, 3.63) is 71.4 Å². The second-order valence-electron chi connectivity index (χ2n) is 10.9. The fourth-order valence-corrected chi connectivity index (χ4v) is 6.62. The van der Waals surface area contributed by atoms with Gasteiger partial charge >= 0.3 is 0 Å². The lowest BCUT2D eigenvalue weighted by Gasteiger charge is -2.42. The van der Waals surface area contributed by atoms with Crippen LogP contribution in [0.5, 0.6) is 0 Å². The summed E-state index contributed by atoms with van der Waals surface area (Å²) >= 11 is 6.33. The van der Waals surface area contributed by atoms with Crippen molar-refractivity contribution in [1.29, 1.82) is 0 Å². The predicted molar refractivity (Wildman–Crippen MR) is 148 cm³/mol. The van der Waals surface area contributed by atoms with Crippen LogP contribution in [0.4, 0.5) is 11.4 Å². The molecule has 9 heteroatoms. The first-order valence-corrected chi connectivity index (χ1v) is 14.2. The second kappa shape index (κ2) is 9.42. The maximum Gasteiger partial charge on any atom is 0.258 e. The van der Waals surface area contributed by atoms with Gasteiger partial charge in [0.15, 0.2) is 5.03 Å². The van der Waals surface area contributed by atoms with E-state index in [0.717, 1.165) is 22.4 Å². The molecule has 3 aromatic rings. The van der Waals surface area contributed by atoms with E-state index in [4.69, 9.17) is 11.6 Å². The van der Waals surface area contributed by atoms with Gasteiger partial charge in [0, 0.05) is 53.2 Å². The number of benzene rings is 2. The quantitative estimate of drug-likeness (QED) is 0.500. The second-order valence-corrected chi connectivity index (χ2v) is 12.9. The van der Waals surface area contributed by atoms with E-state index in [1.807, 2.05) is 43.3 Å². The van der Waals surface area contributed by atoms with Crippen LogP contribution in [0.1, 0.15) is 33.3 Å². The standard InChI is InChI=1S/C28H31ClN4O3S/c1-18-13-20-15-30-26(37(35,36)31-28(2,3)4)14-25(20)33(18)27(34)21-16-32(17-21)22-11-9-19(10-12-22)23-7-5-6-8-24(23)29/h5-12,14-15,18,21,31H,13,16-17H2,1-4H3. The summed E-state index contributed by atoms with van der Waals surface area (Å²) in [6, 6.07) is 17.4. The summed E-state index contributed by atoms with van der Waals surface area (Å²) < 4.78 is 28.3. The SMILES string of the molecule is CC1Cc2cnc(S(=O)(=O)NC(C)(C)C)cc2N1C(=O)C1CN(c2ccc(-c3ccccc3Cl)cc2)C1. The predicted octanol–water partition coefficient (Wildman–Crippen LogP) is 4.89. The highest BCUT2D eigenvalue weighted by molar-refractivity contribution is 7.89. The average molecular weight is 539 g/mol. The first-order valence-electron chi connectivity index (χ1n) is 12.4. The van der Waals surface area contributed by atoms with Gasteiger partial charge in [-0.1, -0.05) is 41.9 Å². The summed E-state index contributed by atoms with van der Waals surface area (Å²) in [5.74, 6) is -0.133. The molecular formula is C28H31ClN4O3S. The van der Waals surface area contributed by atoms with Crippen LogP contribution in [0.3, 0.4) is 0 Å². The van der Waals surface area contributed by atoms with Gasteiger partial charge in [-0.25, -0.2) is 18.1 Å². The fraction of sp³-hybridized carbons (Fsp3) is 0.357. The maximum absolute atomic E-state index is 13.5. The van der Waals surface area contributed by atoms with E-state index in [1.165, 1.54) is 6.07 Å². The molecule has 0 radical (unpaired) electrons. The summed E-state index contributed by atoms with van der Waals surface area (Å²) in [6.45, 7) is 8.56. The third-order valence-electron chi connectivity index (χ3n) is 6.75. The molecule has 2 aromatic carbocycles. The van der Waals surface area contributed by atoms with Gasteiger partial charge in [0.25, 0.3) is 10.0 Å². The normalized spacial score (nSPS) is 18.0. The largest absolute Gasteiger partial charge is 0.370 e. The van der Waals surface area contributed by atoms with Gasteiger partial charge in [-0.3, -0.25) is 4.79 Å². The summed E-state index contributed by atoms with van der Waals surface area (Å²) in [5, 5.41) is 0.646. The average Bonchev–Trinajstić information content (AvgIpc) is 3.12. The highest BCUT2D eigenvalue weighted by Crippen LogP contribution is 2.37. The van der Waals surface area contributed by atoms with Gasteiger partial charge in [-0.05, 0) is 63.4 Å². The van der Waals surface area contributed by atoms with E-state index in [2.05, 4.69) is 26.7 Å². The molecule has 7 nitrogen and oxygen atoms in total. The molecule has 1 atom stereocenters. The van der Waals surface area contributed by atoms with Crippen LogP contribution in [0.15, 0.2) is 65.8 Å². The van der Waals surface area contributed by atoms with Gasteiger partial charge < -0.3 is 9.80 Å². The van der Waals surface area contributed by atoms with E-state index >= 15 is 0 Å². The zero-order valence-corrected chi connectivity index (χ0v) is 23.0. The number of hydrogen-bond acceptors (Lipinski definition) is 5. The summed E-state index contributed by atoms with van der Waals surface area (Å²) in [4.78, 5) is 21.7. The van der Waals surface area contributed by atoms with E-state index in [1.54, 1.807) is 31.9 Å². The van der Waals surface area contributed by atoms with Crippen molar-refractivity contribution in [3.63, 3.8) is 0 Å². The molecule has 5 rings (SSSR count). The van der Waals surface area contributed by atoms with Crippen molar-refractivity contribution in [3.8, 4) is 11.1 Å². The van der Waals surface area contributed by atoms with Crippen LogP contribution < -0.4 is 14.5 Å². The van der Waals surface area contributed by atoms with Crippen molar-refractivity contribution in [2.24, 2.45) is 5.92 Å². The number of hydrogen-bond donors (Lipinski definition) is 1. The molecule has 194 valence electrons. The number of nitrogens with one attached hydrogen (secondary N) is 1. The molecule has 0 saturated carbocycles. The van der Waals surface area contributed by atoms with Gasteiger partial charge in [0.2, 0.25) is 5.91 Å². The van der Waals surface area contributed by atoms with E-state index < -0.39 is 15.6 Å². The number of carbonyl (C=O) groups excluding carboxylic acids is 1. The molecule has 0 bridgehead atoms. The molecule has 3 heterocycles. The Kier molecular flexibility index (Phi) is 6.54. The first kappa shape index (κ1) is 25.7. The van der Waals surface area contributed by atoms with Gasteiger partial charge in [0.1, 0.15) is 0 Å². The Balaban J connectivity index is 1.29. The topological polar surface area (TPSA) is 82.6 Å². The van der Waals surface area contributed by atoms with Crippen LogP contribution in [0.25, 0.3) is 11.1 Å². The molecule has 2 aliphatic rings. The minimum absolute atomic E-state index is 0.0218. The van der Waals surface area contributed by atoms with E-state index in [-0.39, 0.29) is 22.9 Å². The molecular weight excluding hydrogens is 508 g/mol. The molecule has 0 aliphatic carbocycles. The zero-order valence-electron chi connectivity index (χ0n) is 21.4. The fourth-order valence-electron chi connectivity index (χ4n) is 5.01. The number of rotatable bonds is 5.